The zero-order valence-electron chi connectivity index (χ0n) is 9.63. The van der Waals surface area contributed by atoms with E-state index in [4.69, 9.17) is 4.74 Å². The third kappa shape index (κ3) is 3.06. The van der Waals surface area contributed by atoms with Crippen LogP contribution < -0.4 is 10.1 Å². The fraction of sp³-hybridized carbons (Fsp3) is 0.500. The minimum atomic E-state index is 0.918. The first-order chi connectivity index (χ1) is 7.20. The lowest BCUT2D eigenvalue weighted by Crippen LogP contribution is -2.04. The van der Waals surface area contributed by atoms with Crippen LogP contribution in [0.15, 0.2) is 12.1 Å². The van der Waals surface area contributed by atoms with Crippen molar-refractivity contribution < 1.29 is 4.74 Å². The van der Waals surface area contributed by atoms with Crippen molar-refractivity contribution >= 4 is 18.3 Å². The van der Waals surface area contributed by atoms with Gasteiger partial charge in [0.25, 0.3) is 0 Å². The van der Waals surface area contributed by atoms with Gasteiger partial charge in [0, 0.05) is 12.2 Å². The summed E-state index contributed by atoms with van der Waals surface area (Å²) in [5.41, 5.74) is 3.65. The smallest absolute Gasteiger partial charge is 0.122 e. The summed E-state index contributed by atoms with van der Waals surface area (Å²) in [7, 11) is 1.70. The average Bonchev–Trinajstić information content (AvgIpc) is 2.25. The topological polar surface area (TPSA) is 21.3 Å². The first kappa shape index (κ1) is 12.2. The molecule has 2 nitrogen and oxygen atoms in total. The van der Waals surface area contributed by atoms with E-state index in [1.165, 1.54) is 16.8 Å². The predicted octanol–water partition coefficient (Wildman–Crippen LogP) is 3.04. The minimum Gasteiger partial charge on any atom is -0.496 e. The van der Waals surface area contributed by atoms with Crippen molar-refractivity contribution in [3.05, 3.63) is 23.3 Å². The highest BCUT2D eigenvalue weighted by Crippen LogP contribution is 2.26. The highest BCUT2D eigenvalue weighted by Gasteiger charge is 2.05. The lowest BCUT2D eigenvalue weighted by molar-refractivity contribution is 0.411. The van der Waals surface area contributed by atoms with Gasteiger partial charge in [0.2, 0.25) is 0 Å². The lowest BCUT2D eigenvalue weighted by atomic mass is 10.1. The number of nitrogens with one attached hydrogen (secondary N) is 1. The molecule has 0 fully saturated rings. The molecule has 0 aliphatic heterocycles. The SMILES string of the molecule is COc1ccc(NCCCS)c(C)c1C. The summed E-state index contributed by atoms with van der Waals surface area (Å²) in [5, 5.41) is 3.40. The maximum Gasteiger partial charge on any atom is 0.122 e. The Morgan fingerprint density at radius 1 is 1.27 bits per heavy atom. The molecule has 1 N–H and O–H groups in total. The molecule has 3 heteroatoms. The van der Waals surface area contributed by atoms with Crippen LogP contribution in [0.1, 0.15) is 17.5 Å². The van der Waals surface area contributed by atoms with Crippen molar-refractivity contribution in [2.75, 3.05) is 24.7 Å². The van der Waals surface area contributed by atoms with Crippen molar-refractivity contribution in [2.45, 2.75) is 20.3 Å². The molecule has 1 aromatic rings. The molecule has 0 aliphatic carbocycles. The summed E-state index contributed by atoms with van der Waals surface area (Å²) >= 11 is 4.18. The predicted molar refractivity (Wildman–Crippen MR) is 69.4 cm³/mol. The molecular weight excluding hydrogens is 206 g/mol. The number of thiol groups is 1. The molecule has 1 aromatic carbocycles. The van der Waals surface area contributed by atoms with Gasteiger partial charge in [-0.05, 0) is 49.3 Å². The number of methoxy groups -OCH3 is 1. The van der Waals surface area contributed by atoms with Gasteiger partial charge in [0.15, 0.2) is 0 Å². The molecule has 0 radical (unpaired) electrons. The zero-order valence-corrected chi connectivity index (χ0v) is 10.5. The Morgan fingerprint density at radius 2 is 2.00 bits per heavy atom. The molecular formula is C12H19NOS. The van der Waals surface area contributed by atoms with Crippen LogP contribution in [-0.4, -0.2) is 19.4 Å². The molecule has 1 rings (SSSR count). The van der Waals surface area contributed by atoms with Crippen LogP contribution in [0.4, 0.5) is 5.69 Å². The van der Waals surface area contributed by atoms with Crippen LogP contribution in [0, 0.1) is 13.8 Å². The van der Waals surface area contributed by atoms with Gasteiger partial charge in [-0.15, -0.1) is 0 Å². The second-order valence-electron chi connectivity index (χ2n) is 3.57. The summed E-state index contributed by atoms with van der Waals surface area (Å²) in [6.45, 7) is 5.16. The van der Waals surface area contributed by atoms with E-state index in [-0.39, 0.29) is 0 Å². The largest absolute Gasteiger partial charge is 0.496 e. The van der Waals surface area contributed by atoms with E-state index >= 15 is 0 Å². The fourth-order valence-electron chi connectivity index (χ4n) is 1.51. The molecule has 0 saturated carbocycles. The molecule has 0 unspecified atom stereocenters. The summed E-state index contributed by atoms with van der Waals surface area (Å²) in [6, 6.07) is 4.07. The summed E-state index contributed by atoms with van der Waals surface area (Å²) in [4.78, 5) is 0. The Bertz CT molecular complexity index is 326. The summed E-state index contributed by atoms with van der Waals surface area (Å²) in [5.74, 6) is 1.87. The van der Waals surface area contributed by atoms with Crippen molar-refractivity contribution in [3.8, 4) is 5.75 Å². The first-order valence-corrected chi connectivity index (χ1v) is 5.83. The molecule has 0 aromatic heterocycles. The Hall–Kier alpha value is -0.830. The van der Waals surface area contributed by atoms with Gasteiger partial charge in [0.1, 0.15) is 5.75 Å². The third-order valence-corrected chi connectivity index (χ3v) is 2.92. The molecule has 15 heavy (non-hydrogen) atoms. The van der Waals surface area contributed by atoms with Gasteiger partial charge in [-0.25, -0.2) is 0 Å². The number of hydrogen-bond acceptors (Lipinski definition) is 3. The fourth-order valence-corrected chi connectivity index (χ4v) is 1.67. The van der Waals surface area contributed by atoms with Crippen molar-refractivity contribution in [3.63, 3.8) is 0 Å². The molecule has 0 atom stereocenters. The van der Waals surface area contributed by atoms with E-state index in [2.05, 4.69) is 37.9 Å². The summed E-state index contributed by atoms with van der Waals surface area (Å²) < 4.78 is 5.27. The standard InChI is InChI=1S/C12H19NOS/c1-9-10(2)12(14-3)6-5-11(9)13-7-4-8-15/h5-6,13,15H,4,7-8H2,1-3H3. The molecule has 0 saturated heterocycles. The van der Waals surface area contributed by atoms with Crippen LogP contribution >= 0.6 is 12.6 Å². The van der Waals surface area contributed by atoms with E-state index < -0.39 is 0 Å². The van der Waals surface area contributed by atoms with E-state index in [0.717, 1.165) is 24.5 Å². The monoisotopic (exact) mass is 225 g/mol. The van der Waals surface area contributed by atoms with Gasteiger partial charge in [-0.2, -0.15) is 12.6 Å². The van der Waals surface area contributed by atoms with E-state index in [1.807, 2.05) is 6.07 Å². The highest BCUT2D eigenvalue weighted by molar-refractivity contribution is 7.80. The maximum atomic E-state index is 5.27. The molecule has 0 bridgehead atoms. The van der Waals surface area contributed by atoms with Crippen LogP contribution in [0.3, 0.4) is 0 Å². The van der Waals surface area contributed by atoms with Gasteiger partial charge in [0.05, 0.1) is 7.11 Å². The number of anilines is 1. The van der Waals surface area contributed by atoms with Crippen LogP contribution in [0.5, 0.6) is 5.75 Å². The molecule has 84 valence electrons. The van der Waals surface area contributed by atoms with Crippen molar-refractivity contribution in [2.24, 2.45) is 0 Å². The maximum absolute atomic E-state index is 5.27. The number of ether oxygens (including phenoxy) is 1. The van der Waals surface area contributed by atoms with Gasteiger partial charge < -0.3 is 10.1 Å². The lowest BCUT2D eigenvalue weighted by Gasteiger charge is -2.13. The Labute approximate surface area is 97.4 Å². The Balaban J connectivity index is 2.77. The average molecular weight is 225 g/mol. The Kier molecular flexibility index (Phi) is 4.82. The normalized spacial score (nSPS) is 10.1. The van der Waals surface area contributed by atoms with Crippen LogP contribution in [-0.2, 0) is 0 Å². The second kappa shape index (κ2) is 5.91. The van der Waals surface area contributed by atoms with Crippen LogP contribution in [0.25, 0.3) is 0 Å². The number of rotatable bonds is 5. The van der Waals surface area contributed by atoms with E-state index in [1.54, 1.807) is 7.11 Å². The van der Waals surface area contributed by atoms with Gasteiger partial charge in [-0.3, -0.25) is 0 Å². The first-order valence-electron chi connectivity index (χ1n) is 5.19. The van der Waals surface area contributed by atoms with Crippen LogP contribution in [0.2, 0.25) is 0 Å². The third-order valence-electron chi connectivity index (χ3n) is 2.61. The highest BCUT2D eigenvalue weighted by atomic mass is 32.1. The van der Waals surface area contributed by atoms with Gasteiger partial charge in [-0.1, -0.05) is 0 Å². The quantitative estimate of drug-likeness (QED) is 0.593. The molecule has 0 amide bonds. The second-order valence-corrected chi connectivity index (χ2v) is 4.02. The number of benzene rings is 1. The van der Waals surface area contributed by atoms with E-state index in [9.17, 15) is 0 Å². The van der Waals surface area contributed by atoms with Crippen molar-refractivity contribution in [1.29, 1.82) is 0 Å². The Morgan fingerprint density at radius 3 is 2.60 bits per heavy atom. The summed E-state index contributed by atoms with van der Waals surface area (Å²) in [6.07, 6.45) is 1.08. The molecule has 0 aliphatic rings. The molecule has 0 spiro atoms. The molecule has 0 heterocycles. The number of hydrogen-bond donors (Lipinski definition) is 2. The van der Waals surface area contributed by atoms with Crippen molar-refractivity contribution in [1.82, 2.24) is 0 Å². The zero-order chi connectivity index (χ0) is 11.3. The van der Waals surface area contributed by atoms with E-state index in [0.29, 0.717) is 0 Å². The minimum absolute atomic E-state index is 0.918. The van der Waals surface area contributed by atoms with Gasteiger partial charge >= 0.3 is 0 Å².